The van der Waals surface area contributed by atoms with Gasteiger partial charge in [-0.3, -0.25) is 15.0 Å². The predicted octanol–water partition coefficient (Wildman–Crippen LogP) is 1.73. The molecule has 2 fully saturated rings. The normalized spacial score (nSPS) is 19.2. The lowest BCUT2D eigenvalue weighted by Gasteiger charge is -2.30. The monoisotopic (exact) mass is 407 g/mol. The van der Waals surface area contributed by atoms with Gasteiger partial charge in [0, 0.05) is 5.02 Å². The molecule has 1 aliphatic heterocycles. The minimum atomic E-state index is -0.934. The molecule has 0 aromatic heterocycles. The standard InChI is InChI=1S/C18H22ClN5O4/c19-12-7-3-2-6-11(12)13(21-16(20)27)10-14(25)23-24-15(26)18(22-17(24)28)8-4-1-5-9-18/h2-3,6-7,13H,1,4-5,8-10H2,(H,22,28)(H,23,25)(H3,20,21,27)/t13-/m1/s1. The Hall–Kier alpha value is -2.81. The first-order valence-electron chi connectivity index (χ1n) is 9.09. The number of carbonyl (C=O) groups is 4. The number of benzene rings is 1. The number of imide groups is 1. The van der Waals surface area contributed by atoms with Crippen molar-refractivity contribution in [3.8, 4) is 0 Å². The summed E-state index contributed by atoms with van der Waals surface area (Å²) in [5, 5.41) is 6.25. The van der Waals surface area contributed by atoms with Crippen LogP contribution in [0.1, 0.15) is 50.1 Å². The summed E-state index contributed by atoms with van der Waals surface area (Å²) in [5.41, 5.74) is 7.11. The van der Waals surface area contributed by atoms with Gasteiger partial charge in [-0.1, -0.05) is 49.1 Å². The molecule has 9 nitrogen and oxygen atoms in total. The highest BCUT2D eigenvalue weighted by molar-refractivity contribution is 6.31. The van der Waals surface area contributed by atoms with E-state index in [9.17, 15) is 19.2 Å². The summed E-state index contributed by atoms with van der Waals surface area (Å²) in [6, 6.07) is 4.40. The Morgan fingerprint density at radius 2 is 1.89 bits per heavy atom. The SMILES string of the molecule is NC(=O)N[C@H](CC(=O)NN1C(=O)NC2(CCCCC2)C1=O)c1ccccc1Cl. The Labute approximate surface area is 166 Å². The van der Waals surface area contributed by atoms with Crippen molar-refractivity contribution >= 4 is 35.5 Å². The van der Waals surface area contributed by atoms with Crippen LogP contribution in [0.5, 0.6) is 0 Å². The predicted molar refractivity (Wildman–Crippen MR) is 101 cm³/mol. The van der Waals surface area contributed by atoms with Crippen LogP contribution in [0, 0.1) is 0 Å². The van der Waals surface area contributed by atoms with E-state index in [1.165, 1.54) is 0 Å². The van der Waals surface area contributed by atoms with Gasteiger partial charge in [0.15, 0.2) is 0 Å². The van der Waals surface area contributed by atoms with E-state index < -0.39 is 35.5 Å². The average Bonchev–Trinajstić information content (AvgIpc) is 2.86. The van der Waals surface area contributed by atoms with Crippen LogP contribution < -0.4 is 21.8 Å². The number of halogens is 1. The summed E-state index contributed by atoms with van der Waals surface area (Å²) in [4.78, 5) is 48.8. The molecule has 1 aromatic rings. The van der Waals surface area contributed by atoms with Crippen LogP contribution in [0.15, 0.2) is 24.3 Å². The summed E-state index contributed by atoms with van der Waals surface area (Å²) >= 11 is 6.15. The average molecular weight is 408 g/mol. The van der Waals surface area contributed by atoms with Crippen molar-refractivity contribution in [2.75, 3.05) is 0 Å². The van der Waals surface area contributed by atoms with Gasteiger partial charge in [-0.05, 0) is 24.5 Å². The molecule has 1 saturated heterocycles. The van der Waals surface area contributed by atoms with Crippen molar-refractivity contribution < 1.29 is 19.2 Å². The molecule has 5 N–H and O–H groups in total. The molecule has 0 unspecified atom stereocenters. The molecule has 1 spiro atoms. The van der Waals surface area contributed by atoms with Gasteiger partial charge >= 0.3 is 12.1 Å². The van der Waals surface area contributed by atoms with Gasteiger partial charge in [0.1, 0.15) is 5.54 Å². The highest BCUT2D eigenvalue weighted by Gasteiger charge is 2.52. The number of hydrazine groups is 1. The molecule has 1 atom stereocenters. The van der Waals surface area contributed by atoms with Gasteiger partial charge in [0.05, 0.1) is 12.5 Å². The van der Waals surface area contributed by atoms with Crippen LogP contribution in [0.2, 0.25) is 5.02 Å². The van der Waals surface area contributed by atoms with Gasteiger partial charge < -0.3 is 16.4 Å². The van der Waals surface area contributed by atoms with Crippen molar-refractivity contribution in [2.24, 2.45) is 5.73 Å². The molecule has 0 radical (unpaired) electrons. The maximum Gasteiger partial charge on any atom is 0.344 e. The van der Waals surface area contributed by atoms with E-state index in [2.05, 4.69) is 16.1 Å². The fraction of sp³-hybridized carbons (Fsp3) is 0.444. The highest BCUT2D eigenvalue weighted by Crippen LogP contribution is 2.33. The van der Waals surface area contributed by atoms with Crippen molar-refractivity contribution in [3.63, 3.8) is 0 Å². The third-order valence-electron chi connectivity index (χ3n) is 5.09. The molecule has 1 aliphatic carbocycles. The van der Waals surface area contributed by atoms with E-state index in [0.717, 1.165) is 24.3 Å². The molecule has 1 heterocycles. The first-order chi connectivity index (χ1) is 13.3. The van der Waals surface area contributed by atoms with Gasteiger partial charge in [-0.25, -0.2) is 9.59 Å². The number of urea groups is 2. The lowest BCUT2D eigenvalue weighted by Crippen LogP contribution is -2.51. The second kappa shape index (κ2) is 8.05. The lowest BCUT2D eigenvalue weighted by atomic mass is 9.82. The van der Waals surface area contributed by atoms with Gasteiger partial charge in [-0.2, -0.15) is 5.01 Å². The topological polar surface area (TPSA) is 134 Å². The van der Waals surface area contributed by atoms with Crippen molar-refractivity contribution in [3.05, 3.63) is 34.9 Å². The Balaban J connectivity index is 1.71. The Morgan fingerprint density at radius 1 is 1.21 bits per heavy atom. The van der Waals surface area contributed by atoms with Crippen molar-refractivity contribution in [1.29, 1.82) is 0 Å². The van der Waals surface area contributed by atoms with E-state index in [4.69, 9.17) is 17.3 Å². The van der Waals surface area contributed by atoms with Crippen LogP contribution in [0.25, 0.3) is 0 Å². The summed E-state index contributed by atoms with van der Waals surface area (Å²) < 4.78 is 0. The number of hydrogen-bond acceptors (Lipinski definition) is 4. The zero-order chi connectivity index (χ0) is 20.3. The Kier molecular flexibility index (Phi) is 5.73. The van der Waals surface area contributed by atoms with Crippen molar-refractivity contribution in [1.82, 2.24) is 21.1 Å². The van der Waals surface area contributed by atoms with E-state index in [0.29, 0.717) is 23.4 Å². The van der Waals surface area contributed by atoms with Crippen LogP contribution >= 0.6 is 11.6 Å². The van der Waals surface area contributed by atoms with Crippen LogP contribution in [0.3, 0.4) is 0 Å². The van der Waals surface area contributed by atoms with E-state index in [1.807, 2.05) is 0 Å². The van der Waals surface area contributed by atoms with Crippen LogP contribution in [-0.2, 0) is 9.59 Å². The largest absolute Gasteiger partial charge is 0.352 e. The fourth-order valence-electron chi connectivity index (χ4n) is 3.74. The third-order valence-corrected chi connectivity index (χ3v) is 5.44. The molecule has 10 heteroatoms. The number of primary amides is 1. The molecule has 1 saturated carbocycles. The first-order valence-corrected chi connectivity index (χ1v) is 9.47. The highest BCUT2D eigenvalue weighted by atomic mass is 35.5. The van der Waals surface area contributed by atoms with E-state index in [1.54, 1.807) is 24.3 Å². The van der Waals surface area contributed by atoms with Crippen LogP contribution in [-0.4, -0.2) is 34.4 Å². The fourth-order valence-corrected chi connectivity index (χ4v) is 4.01. The number of nitrogens with one attached hydrogen (secondary N) is 3. The number of nitrogens with zero attached hydrogens (tertiary/aromatic N) is 1. The number of rotatable bonds is 5. The molecule has 6 amide bonds. The lowest BCUT2D eigenvalue weighted by molar-refractivity contribution is -0.140. The first kappa shape index (κ1) is 19.9. The number of nitrogens with two attached hydrogens (primary N) is 1. The zero-order valence-electron chi connectivity index (χ0n) is 15.2. The molecular weight excluding hydrogens is 386 g/mol. The second-order valence-electron chi connectivity index (χ2n) is 7.04. The maximum absolute atomic E-state index is 12.7. The van der Waals surface area contributed by atoms with Gasteiger partial charge in [-0.15, -0.1) is 0 Å². The zero-order valence-corrected chi connectivity index (χ0v) is 15.9. The van der Waals surface area contributed by atoms with Crippen molar-refractivity contribution in [2.45, 2.75) is 50.1 Å². The minimum Gasteiger partial charge on any atom is -0.352 e. The molecule has 150 valence electrons. The molecule has 3 rings (SSSR count). The molecule has 1 aromatic carbocycles. The number of carbonyl (C=O) groups excluding carboxylic acids is 4. The second-order valence-corrected chi connectivity index (χ2v) is 7.44. The third kappa shape index (κ3) is 4.04. The van der Waals surface area contributed by atoms with Gasteiger partial charge in [0.2, 0.25) is 5.91 Å². The van der Waals surface area contributed by atoms with E-state index >= 15 is 0 Å². The Morgan fingerprint density at radius 3 is 2.54 bits per heavy atom. The maximum atomic E-state index is 12.7. The number of hydrogen-bond donors (Lipinski definition) is 4. The quantitative estimate of drug-likeness (QED) is 0.553. The molecule has 0 bridgehead atoms. The Bertz CT molecular complexity index is 809. The molecule has 2 aliphatic rings. The van der Waals surface area contributed by atoms with Crippen LogP contribution in [0.4, 0.5) is 9.59 Å². The summed E-state index contributed by atoms with van der Waals surface area (Å²) in [7, 11) is 0. The molecular formula is C18H22ClN5O4. The van der Waals surface area contributed by atoms with Gasteiger partial charge in [0.25, 0.3) is 5.91 Å². The number of amides is 6. The summed E-state index contributed by atoms with van der Waals surface area (Å²) in [6.07, 6.45) is 3.53. The smallest absolute Gasteiger partial charge is 0.344 e. The summed E-state index contributed by atoms with van der Waals surface area (Å²) in [6.45, 7) is 0. The molecule has 28 heavy (non-hydrogen) atoms. The minimum absolute atomic E-state index is 0.253. The summed E-state index contributed by atoms with van der Waals surface area (Å²) in [5.74, 6) is -1.09. The van der Waals surface area contributed by atoms with E-state index in [-0.39, 0.29) is 6.42 Å².